The number of Topliss-reactive ketones (excluding diaryl/α,β-unsaturated/α-hetero) is 1. The first-order chi connectivity index (χ1) is 16.5. The Morgan fingerprint density at radius 2 is 1.82 bits per heavy atom. The van der Waals surface area contributed by atoms with E-state index >= 15 is 0 Å². The van der Waals surface area contributed by atoms with Crippen LogP contribution in [0.5, 0.6) is 5.75 Å². The second-order valence-electron chi connectivity index (χ2n) is 8.07. The van der Waals surface area contributed by atoms with E-state index in [2.05, 4.69) is 4.98 Å². The van der Waals surface area contributed by atoms with Gasteiger partial charge in [0, 0.05) is 31.0 Å². The van der Waals surface area contributed by atoms with Crippen LogP contribution in [0.1, 0.15) is 36.9 Å². The van der Waals surface area contributed by atoms with Gasteiger partial charge in [-0.15, -0.1) is 0 Å². The number of aryl methyl sites for hydroxylation is 1. The third-order valence-corrected chi connectivity index (χ3v) is 5.70. The molecule has 0 radical (unpaired) electrons. The highest BCUT2D eigenvalue weighted by Crippen LogP contribution is 2.39. The summed E-state index contributed by atoms with van der Waals surface area (Å²) in [7, 11) is 0. The van der Waals surface area contributed by atoms with E-state index in [1.54, 1.807) is 36.8 Å². The first-order valence-electron chi connectivity index (χ1n) is 11.2. The number of rotatable bonds is 9. The smallest absolute Gasteiger partial charge is 0.295 e. The van der Waals surface area contributed by atoms with Crippen molar-refractivity contribution in [1.82, 2.24) is 14.5 Å². The summed E-state index contributed by atoms with van der Waals surface area (Å²) >= 11 is 0. The molecule has 2 heterocycles. The fourth-order valence-corrected chi connectivity index (χ4v) is 4.03. The van der Waals surface area contributed by atoms with E-state index in [4.69, 9.17) is 4.74 Å². The summed E-state index contributed by atoms with van der Waals surface area (Å²) in [6, 6.07) is 11.5. The van der Waals surface area contributed by atoms with Gasteiger partial charge >= 0.3 is 0 Å². The van der Waals surface area contributed by atoms with Crippen LogP contribution in [0.4, 0.5) is 4.39 Å². The van der Waals surface area contributed by atoms with Crippen LogP contribution < -0.4 is 4.74 Å². The maximum atomic E-state index is 13.6. The average Bonchev–Trinajstić information content (AvgIpc) is 3.45. The van der Waals surface area contributed by atoms with Crippen molar-refractivity contribution in [2.24, 2.45) is 0 Å². The minimum Gasteiger partial charge on any atom is -0.507 e. The first-order valence-corrected chi connectivity index (χ1v) is 11.2. The topological polar surface area (TPSA) is 84.7 Å². The second kappa shape index (κ2) is 10.3. The molecule has 0 spiro atoms. The molecule has 1 saturated heterocycles. The molecule has 1 atom stereocenters. The minimum atomic E-state index is -0.820. The lowest BCUT2D eigenvalue weighted by Gasteiger charge is -2.25. The molecule has 0 saturated carbocycles. The summed E-state index contributed by atoms with van der Waals surface area (Å²) in [5, 5.41) is 11.1. The van der Waals surface area contributed by atoms with Crippen LogP contribution in [-0.2, 0) is 16.1 Å². The van der Waals surface area contributed by atoms with E-state index < -0.39 is 23.5 Å². The number of likely N-dealkylation sites (tertiary alicyclic amines) is 1. The number of benzene rings is 2. The second-order valence-corrected chi connectivity index (χ2v) is 8.07. The van der Waals surface area contributed by atoms with Crippen LogP contribution in [0.2, 0.25) is 0 Å². The molecule has 7 nitrogen and oxygen atoms in total. The lowest BCUT2D eigenvalue weighted by Crippen LogP contribution is -2.31. The van der Waals surface area contributed by atoms with Gasteiger partial charge in [-0.25, -0.2) is 9.37 Å². The van der Waals surface area contributed by atoms with Crippen molar-refractivity contribution in [3.05, 3.63) is 89.8 Å². The number of carbonyl (C=O) groups is 2. The van der Waals surface area contributed by atoms with Gasteiger partial charge in [0.25, 0.3) is 11.7 Å². The summed E-state index contributed by atoms with van der Waals surface area (Å²) in [6.07, 6.45) is 6.61. The van der Waals surface area contributed by atoms with Crippen LogP contribution in [0.15, 0.2) is 72.8 Å². The van der Waals surface area contributed by atoms with Gasteiger partial charge in [0.2, 0.25) is 0 Å². The number of hydrogen-bond donors (Lipinski definition) is 1. The highest BCUT2D eigenvalue weighted by molar-refractivity contribution is 6.46. The van der Waals surface area contributed by atoms with Crippen molar-refractivity contribution < 1.29 is 23.8 Å². The van der Waals surface area contributed by atoms with E-state index in [9.17, 15) is 19.1 Å². The van der Waals surface area contributed by atoms with Gasteiger partial charge in [-0.05, 0) is 54.8 Å². The Bertz CT molecular complexity index is 1170. The SMILES string of the molecule is CCCOc1ccc(/C(O)=C2\C(=O)C(=O)N(CCCn3ccnc3)[C@@H]2c2ccc(F)cc2)cc1. The lowest BCUT2D eigenvalue weighted by molar-refractivity contribution is -0.139. The molecular weight excluding hydrogens is 437 g/mol. The van der Waals surface area contributed by atoms with E-state index in [0.717, 1.165) is 6.42 Å². The molecule has 0 unspecified atom stereocenters. The van der Waals surface area contributed by atoms with Gasteiger partial charge in [-0.2, -0.15) is 0 Å². The Hall–Kier alpha value is -3.94. The fourth-order valence-electron chi connectivity index (χ4n) is 4.03. The van der Waals surface area contributed by atoms with Gasteiger partial charge in [0.05, 0.1) is 24.5 Å². The maximum absolute atomic E-state index is 13.6. The molecular formula is C26H26FN3O4. The molecule has 4 rings (SSSR count). The van der Waals surface area contributed by atoms with Crippen LogP contribution in [-0.4, -0.2) is 44.4 Å². The number of carbonyl (C=O) groups excluding carboxylic acids is 2. The Kier molecular flexibility index (Phi) is 7.06. The van der Waals surface area contributed by atoms with Crippen molar-refractivity contribution in [3.63, 3.8) is 0 Å². The highest BCUT2D eigenvalue weighted by Gasteiger charge is 2.45. The first kappa shape index (κ1) is 23.2. The number of nitrogens with zero attached hydrogens (tertiary/aromatic N) is 3. The van der Waals surface area contributed by atoms with Gasteiger partial charge in [-0.3, -0.25) is 9.59 Å². The molecule has 0 bridgehead atoms. The van der Waals surface area contributed by atoms with Crippen LogP contribution >= 0.6 is 0 Å². The van der Waals surface area contributed by atoms with Crippen LogP contribution in [0.25, 0.3) is 5.76 Å². The minimum absolute atomic E-state index is 0.0125. The van der Waals surface area contributed by atoms with Crippen molar-refractivity contribution in [3.8, 4) is 5.75 Å². The molecule has 1 amide bonds. The van der Waals surface area contributed by atoms with E-state index in [0.29, 0.717) is 36.4 Å². The van der Waals surface area contributed by atoms with Crippen LogP contribution in [0.3, 0.4) is 0 Å². The fraction of sp³-hybridized carbons (Fsp3) is 0.269. The Balaban J connectivity index is 1.67. The molecule has 1 aromatic heterocycles. The standard InChI is InChI=1S/C26H26FN3O4/c1-2-16-34-21-10-6-19(7-11-21)24(31)22-23(18-4-8-20(27)9-5-18)30(26(33)25(22)32)14-3-13-29-15-12-28-17-29/h4-12,15,17,23,31H,2-3,13-14,16H2,1H3/b24-22+/t23-/m1/s1. The van der Waals surface area contributed by atoms with E-state index in [-0.39, 0.29) is 17.9 Å². The van der Waals surface area contributed by atoms with Crippen LogP contribution in [0, 0.1) is 5.82 Å². The van der Waals surface area contributed by atoms with Gasteiger partial charge in [0.1, 0.15) is 17.3 Å². The Morgan fingerprint density at radius 3 is 2.47 bits per heavy atom. The molecule has 1 fully saturated rings. The number of aromatic nitrogens is 2. The van der Waals surface area contributed by atoms with Crippen molar-refractivity contribution in [1.29, 1.82) is 0 Å². The number of ketones is 1. The Labute approximate surface area is 197 Å². The third kappa shape index (κ3) is 4.85. The molecule has 176 valence electrons. The predicted octanol–water partition coefficient (Wildman–Crippen LogP) is 4.32. The van der Waals surface area contributed by atoms with Gasteiger partial charge < -0.3 is 19.3 Å². The summed E-state index contributed by atoms with van der Waals surface area (Å²) in [5.74, 6) is -1.51. The lowest BCUT2D eigenvalue weighted by atomic mass is 9.95. The van der Waals surface area contributed by atoms with Crippen molar-refractivity contribution in [2.75, 3.05) is 13.2 Å². The van der Waals surface area contributed by atoms with Crippen molar-refractivity contribution >= 4 is 17.4 Å². The summed E-state index contributed by atoms with van der Waals surface area (Å²) < 4.78 is 21.1. The largest absolute Gasteiger partial charge is 0.507 e. The average molecular weight is 464 g/mol. The van der Waals surface area contributed by atoms with Gasteiger partial charge in [0.15, 0.2) is 0 Å². The normalized spacial score (nSPS) is 17.4. The zero-order valence-electron chi connectivity index (χ0n) is 18.9. The maximum Gasteiger partial charge on any atom is 0.295 e. The zero-order chi connectivity index (χ0) is 24.1. The molecule has 1 N–H and O–H groups in total. The number of aliphatic hydroxyl groups is 1. The monoisotopic (exact) mass is 463 g/mol. The van der Waals surface area contributed by atoms with Gasteiger partial charge in [-0.1, -0.05) is 19.1 Å². The number of imidazole rings is 1. The summed E-state index contributed by atoms with van der Waals surface area (Å²) in [4.78, 5) is 31.5. The van der Waals surface area contributed by atoms with E-state index in [1.165, 1.54) is 29.2 Å². The van der Waals surface area contributed by atoms with Crippen molar-refractivity contribution in [2.45, 2.75) is 32.4 Å². The predicted molar refractivity (Wildman–Crippen MR) is 124 cm³/mol. The molecule has 2 aromatic carbocycles. The molecule has 1 aliphatic heterocycles. The molecule has 0 aliphatic carbocycles. The number of ether oxygens (including phenoxy) is 1. The highest BCUT2D eigenvalue weighted by atomic mass is 19.1. The van der Waals surface area contributed by atoms with E-state index in [1.807, 2.05) is 17.7 Å². The molecule has 1 aliphatic rings. The molecule has 3 aromatic rings. The molecule has 34 heavy (non-hydrogen) atoms. The zero-order valence-corrected chi connectivity index (χ0v) is 18.9. The summed E-state index contributed by atoms with van der Waals surface area (Å²) in [6.45, 7) is 3.47. The number of hydrogen-bond acceptors (Lipinski definition) is 5. The number of halogens is 1. The Morgan fingerprint density at radius 1 is 1.09 bits per heavy atom. The number of amides is 1. The number of aliphatic hydroxyl groups excluding tert-OH is 1. The third-order valence-electron chi connectivity index (χ3n) is 5.70. The molecule has 8 heteroatoms. The summed E-state index contributed by atoms with van der Waals surface area (Å²) in [5.41, 5.74) is 0.932. The quantitative estimate of drug-likeness (QED) is 0.290.